The largest absolute Gasteiger partial charge is 0.508 e. The Bertz CT molecular complexity index is 1170. The zero-order chi connectivity index (χ0) is 35.0. The molecule has 5 atom stereocenters. The summed E-state index contributed by atoms with van der Waals surface area (Å²) in [4.78, 5) is 76.1. The second-order valence-electron chi connectivity index (χ2n) is 12.0. The van der Waals surface area contributed by atoms with Crippen LogP contribution in [-0.4, -0.2) is 106 Å². The second-order valence-corrected chi connectivity index (χ2v) is 12.0. The van der Waals surface area contributed by atoms with Gasteiger partial charge in [0.25, 0.3) is 5.91 Å². The molecule has 0 aromatic heterocycles. The van der Waals surface area contributed by atoms with E-state index in [1.165, 1.54) is 13.8 Å². The van der Waals surface area contributed by atoms with Crippen LogP contribution in [0.5, 0.6) is 5.75 Å². The summed E-state index contributed by atoms with van der Waals surface area (Å²) in [6.07, 6.45) is 3.52. The molecule has 8 N–H and O–H groups in total. The van der Waals surface area contributed by atoms with Crippen LogP contribution in [0.15, 0.2) is 24.3 Å². The molecule has 1 aromatic carbocycles. The first-order chi connectivity index (χ1) is 21.5. The molecule has 0 fully saturated rings. The van der Waals surface area contributed by atoms with Crippen molar-refractivity contribution in [3.63, 3.8) is 0 Å². The highest BCUT2D eigenvalue weighted by Gasteiger charge is 2.38. The molecule has 0 aliphatic carbocycles. The van der Waals surface area contributed by atoms with Gasteiger partial charge < -0.3 is 41.7 Å². The maximum absolute atomic E-state index is 13.2. The third-order valence-electron chi connectivity index (χ3n) is 6.85. The van der Waals surface area contributed by atoms with E-state index in [4.69, 9.17) is 15.6 Å². The van der Waals surface area contributed by atoms with E-state index >= 15 is 0 Å². The first-order valence-corrected chi connectivity index (χ1v) is 15.1. The number of hydrogen-bond donors (Lipinski definition) is 7. The van der Waals surface area contributed by atoms with Crippen molar-refractivity contribution in [2.45, 2.75) is 96.5 Å². The summed E-state index contributed by atoms with van der Waals surface area (Å²) < 4.78 is 5.30. The molecule has 1 aromatic rings. The Balaban J connectivity index is 2.80. The van der Waals surface area contributed by atoms with E-state index in [9.17, 15) is 39.0 Å². The first kappa shape index (κ1) is 39.9. The van der Waals surface area contributed by atoms with Crippen LogP contribution in [0, 0.1) is 5.92 Å². The molecule has 15 heteroatoms. The predicted molar refractivity (Wildman–Crippen MR) is 167 cm³/mol. The molecule has 0 saturated carbocycles. The van der Waals surface area contributed by atoms with Crippen molar-refractivity contribution in [1.29, 1.82) is 0 Å². The molecule has 46 heavy (non-hydrogen) atoms. The van der Waals surface area contributed by atoms with Gasteiger partial charge in [0.15, 0.2) is 0 Å². The minimum atomic E-state index is -1.47. The van der Waals surface area contributed by atoms with Crippen molar-refractivity contribution in [1.82, 2.24) is 20.9 Å². The Hall–Kier alpha value is -4.08. The number of hydrogen-bond acceptors (Lipinski definition) is 11. The smallest absolute Gasteiger partial charge is 0.417 e. The van der Waals surface area contributed by atoms with Gasteiger partial charge in [-0.1, -0.05) is 18.6 Å². The normalized spacial score (nSPS) is 14.5. The van der Waals surface area contributed by atoms with Crippen LogP contribution >= 0.6 is 0 Å². The highest BCUT2D eigenvalue weighted by molar-refractivity contribution is 6.01. The summed E-state index contributed by atoms with van der Waals surface area (Å²) in [6.45, 7) is 5.55. The van der Waals surface area contributed by atoms with E-state index in [2.05, 4.69) is 16.0 Å². The van der Waals surface area contributed by atoms with E-state index in [1.807, 2.05) is 12.1 Å². The van der Waals surface area contributed by atoms with Gasteiger partial charge in [-0.3, -0.25) is 24.0 Å². The molecule has 0 heterocycles. The zero-order valence-corrected chi connectivity index (χ0v) is 27.1. The fourth-order valence-electron chi connectivity index (χ4n) is 4.15. The number of nitrogens with two attached hydrogens (primary N) is 1. The van der Waals surface area contributed by atoms with Crippen LogP contribution in [0.1, 0.15) is 65.9 Å². The van der Waals surface area contributed by atoms with Gasteiger partial charge in [-0.25, -0.2) is 9.69 Å². The lowest BCUT2D eigenvalue weighted by Gasteiger charge is -2.32. The van der Waals surface area contributed by atoms with Crippen LogP contribution in [0.4, 0.5) is 4.79 Å². The van der Waals surface area contributed by atoms with Crippen molar-refractivity contribution in [3.8, 4) is 5.75 Å². The minimum absolute atomic E-state index is 0.125. The standard InChI is InChI=1S/C31H48N5O10/c1-19(34-28(43)24(32)17-38)29(44)36(30(45)46-31(3,4)5)20(2)27(42)33-15-22(16-37)25(18-39)35-26(41)10-8-6-7-9-21-11-13-23(40)14-12-21/h11-14,19-20,22,24-25,37-38,40H,6-10,15-17,32H2,1-5H3,(H,33,42)(H,34,43)(H,35,41)/t19-,20-,22?,24-,25+/m0/s1. The number of carbonyl (C=O) groups excluding carboxylic acids is 6. The summed E-state index contributed by atoms with van der Waals surface area (Å²) in [5.41, 5.74) is 5.49. The molecule has 1 rings (SSSR count). The van der Waals surface area contributed by atoms with Gasteiger partial charge in [0.1, 0.15) is 35.5 Å². The van der Waals surface area contributed by atoms with Gasteiger partial charge in [0.05, 0.1) is 6.61 Å². The highest BCUT2D eigenvalue weighted by atomic mass is 16.6. The zero-order valence-electron chi connectivity index (χ0n) is 27.1. The fraction of sp³-hybridized carbons (Fsp3) is 0.613. The van der Waals surface area contributed by atoms with Crippen LogP contribution in [0.2, 0.25) is 0 Å². The third-order valence-corrected chi connectivity index (χ3v) is 6.85. The Morgan fingerprint density at radius 3 is 2.13 bits per heavy atom. The summed E-state index contributed by atoms with van der Waals surface area (Å²) in [7, 11) is 0. The summed E-state index contributed by atoms with van der Waals surface area (Å²) in [5, 5.41) is 35.6. The van der Waals surface area contributed by atoms with Gasteiger partial charge in [0, 0.05) is 25.5 Å². The fourth-order valence-corrected chi connectivity index (χ4v) is 4.15. The van der Waals surface area contributed by atoms with Crippen LogP contribution in [0.3, 0.4) is 0 Å². The van der Waals surface area contributed by atoms with Crippen LogP contribution in [-0.2, 0) is 35.1 Å². The monoisotopic (exact) mass is 650 g/mol. The van der Waals surface area contributed by atoms with Gasteiger partial charge in [-0.2, -0.15) is 0 Å². The van der Waals surface area contributed by atoms with Crippen molar-refractivity contribution in [3.05, 3.63) is 29.8 Å². The van der Waals surface area contributed by atoms with E-state index in [-0.39, 0.29) is 18.7 Å². The molecule has 0 spiro atoms. The number of aliphatic hydroxyl groups is 2. The van der Waals surface area contributed by atoms with Gasteiger partial charge in [-0.15, -0.1) is 0 Å². The molecule has 0 aliphatic heterocycles. The number of aromatic hydroxyl groups is 1. The highest BCUT2D eigenvalue weighted by Crippen LogP contribution is 2.15. The lowest BCUT2D eigenvalue weighted by Crippen LogP contribution is -2.59. The average molecular weight is 651 g/mol. The molecular weight excluding hydrogens is 602 g/mol. The lowest BCUT2D eigenvalue weighted by atomic mass is 10.0. The molecule has 15 nitrogen and oxygen atoms in total. The summed E-state index contributed by atoms with van der Waals surface area (Å²) in [5.74, 6) is -3.93. The number of ether oxygens (including phenoxy) is 1. The Morgan fingerprint density at radius 1 is 0.957 bits per heavy atom. The maximum Gasteiger partial charge on any atom is 0.417 e. The number of rotatable bonds is 18. The molecular formula is C31H48N5O10. The van der Waals surface area contributed by atoms with Crippen molar-refractivity contribution >= 4 is 36.0 Å². The molecule has 1 radical (unpaired) electrons. The molecule has 5 amide bonds. The predicted octanol–water partition coefficient (Wildman–Crippen LogP) is -0.209. The van der Waals surface area contributed by atoms with Crippen molar-refractivity contribution in [2.24, 2.45) is 11.7 Å². The van der Waals surface area contributed by atoms with E-state index in [0.29, 0.717) is 11.3 Å². The molecule has 0 saturated heterocycles. The number of carbonyl (C=O) groups is 5. The number of phenols is 1. The molecule has 0 aliphatic rings. The minimum Gasteiger partial charge on any atom is -0.508 e. The third kappa shape index (κ3) is 13.9. The number of imide groups is 1. The molecule has 1 unspecified atom stereocenters. The van der Waals surface area contributed by atoms with Crippen LogP contribution in [0.25, 0.3) is 0 Å². The molecule has 0 bridgehead atoms. The topological polar surface area (TPSA) is 238 Å². The number of phenolic OH excluding ortho intramolecular Hbond substituents is 1. The van der Waals surface area contributed by atoms with Crippen LogP contribution < -0.4 is 21.7 Å². The Labute approximate surface area is 269 Å². The second kappa shape index (κ2) is 19.4. The van der Waals surface area contributed by atoms with E-state index in [0.717, 1.165) is 24.8 Å². The van der Waals surface area contributed by atoms with E-state index < -0.39 is 78.6 Å². The number of benzene rings is 1. The van der Waals surface area contributed by atoms with Gasteiger partial charge >= 0.3 is 6.09 Å². The number of aryl methyl sites for hydroxylation is 1. The number of amides is 5. The van der Waals surface area contributed by atoms with Gasteiger partial charge in [-0.05, 0) is 71.6 Å². The first-order valence-electron chi connectivity index (χ1n) is 15.1. The summed E-state index contributed by atoms with van der Waals surface area (Å²) >= 11 is 0. The quantitative estimate of drug-likeness (QED) is 0.103. The average Bonchev–Trinajstić information content (AvgIpc) is 2.99. The number of unbranched alkanes of at least 4 members (excludes halogenated alkanes) is 2. The Morgan fingerprint density at radius 2 is 1.59 bits per heavy atom. The maximum atomic E-state index is 13.2. The SMILES string of the molecule is C[C@H](NC(=O)[C@@H](N)CO)C(=O)N(C(=O)OC(C)(C)C)[C@@H](C)C(=O)NCC(CO)[C@@H]([C]=O)NC(=O)CCCCCc1ccc(O)cc1. The van der Waals surface area contributed by atoms with Crippen molar-refractivity contribution in [2.75, 3.05) is 19.8 Å². The number of nitrogens with zero attached hydrogens (tertiary/aromatic N) is 1. The van der Waals surface area contributed by atoms with Crippen molar-refractivity contribution < 1.29 is 48.8 Å². The number of aliphatic hydroxyl groups excluding tert-OH is 2. The lowest BCUT2D eigenvalue weighted by molar-refractivity contribution is -0.141. The summed E-state index contributed by atoms with van der Waals surface area (Å²) in [6, 6.07) is 1.49. The van der Waals surface area contributed by atoms with E-state index in [1.54, 1.807) is 39.2 Å². The molecule has 257 valence electrons. The Kier molecular flexibility index (Phi) is 16.9. The van der Waals surface area contributed by atoms with Gasteiger partial charge in [0.2, 0.25) is 24.0 Å². The number of nitrogens with one attached hydrogen (secondary N) is 3.